The summed E-state index contributed by atoms with van der Waals surface area (Å²) in [6, 6.07) is 9.95. The summed E-state index contributed by atoms with van der Waals surface area (Å²) in [5.41, 5.74) is 0. The predicted molar refractivity (Wildman–Crippen MR) is 57.6 cm³/mol. The zero-order valence-electron chi connectivity index (χ0n) is 8.19. The Balaban J connectivity index is 2.73. The second-order valence-corrected chi connectivity index (χ2v) is 4.90. The van der Waals surface area contributed by atoms with E-state index in [9.17, 15) is 4.79 Å². The van der Waals surface area contributed by atoms with E-state index >= 15 is 0 Å². The van der Waals surface area contributed by atoms with Gasteiger partial charge in [-0.2, -0.15) is 0 Å². The molecule has 2 nitrogen and oxygen atoms in total. The molecule has 1 aromatic rings. The van der Waals surface area contributed by atoms with Gasteiger partial charge in [-0.3, -0.25) is 0 Å². The molecular formula is C11H12O2Se. The number of esters is 1. The summed E-state index contributed by atoms with van der Waals surface area (Å²) in [5, 5.41) is 0. The van der Waals surface area contributed by atoms with Crippen LogP contribution in [0.5, 0.6) is 0 Å². The van der Waals surface area contributed by atoms with Gasteiger partial charge in [-0.1, -0.05) is 0 Å². The molecule has 0 heterocycles. The van der Waals surface area contributed by atoms with Crippen molar-refractivity contribution in [3.8, 4) is 0 Å². The number of ether oxygens (including phenoxy) is 1. The number of carbonyl (C=O) groups is 1. The fraction of sp³-hybridized carbons (Fsp3) is 0.182. The summed E-state index contributed by atoms with van der Waals surface area (Å²) >= 11 is 0.0447. The van der Waals surface area contributed by atoms with E-state index in [1.165, 1.54) is 11.6 Å². The molecule has 0 unspecified atom stereocenters. The van der Waals surface area contributed by atoms with E-state index in [0.717, 1.165) is 4.47 Å². The van der Waals surface area contributed by atoms with Gasteiger partial charge in [-0.15, -0.1) is 0 Å². The molecule has 0 atom stereocenters. The maximum absolute atomic E-state index is 11.3. The van der Waals surface area contributed by atoms with Gasteiger partial charge in [-0.25, -0.2) is 0 Å². The third kappa shape index (κ3) is 3.02. The van der Waals surface area contributed by atoms with Crippen LogP contribution in [0, 0.1) is 0 Å². The van der Waals surface area contributed by atoms with Crippen LogP contribution in [0.4, 0.5) is 0 Å². The minimum absolute atomic E-state index is 0.0447. The molecule has 0 aliphatic heterocycles. The zero-order chi connectivity index (χ0) is 10.4. The van der Waals surface area contributed by atoms with E-state index < -0.39 is 0 Å². The number of allylic oxidation sites excluding steroid dienone is 1. The van der Waals surface area contributed by atoms with E-state index in [1.54, 1.807) is 0 Å². The fourth-order valence-electron chi connectivity index (χ4n) is 0.935. The molecule has 0 aromatic heterocycles. The average molecular weight is 255 g/mol. The van der Waals surface area contributed by atoms with Gasteiger partial charge in [-0.05, 0) is 0 Å². The number of carbonyl (C=O) groups excluding carboxylic acids is 1. The van der Waals surface area contributed by atoms with Crippen LogP contribution in [-0.4, -0.2) is 28.0 Å². The molecule has 0 fully saturated rings. The first kappa shape index (κ1) is 11.0. The van der Waals surface area contributed by atoms with Crippen molar-refractivity contribution in [2.75, 3.05) is 7.11 Å². The molecule has 0 saturated heterocycles. The summed E-state index contributed by atoms with van der Waals surface area (Å²) in [4.78, 5) is 11.3. The molecule has 0 aliphatic carbocycles. The van der Waals surface area contributed by atoms with E-state index in [2.05, 4.69) is 4.74 Å². The zero-order valence-corrected chi connectivity index (χ0v) is 9.90. The fourth-order valence-corrected chi connectivity index (χ4v) is 2.68. The Hall–Kier alpha value is -1.05. The number of methoxy groups -OCH3 is 1. The van der Waals surface area contributed by atoms with Crippen molar-refractivity contribution in [3.63, 3.8) is 0 Å². The number of hydrogen-bond donors (Lipinski definition) is 0. The molecule has 0 radical (unpaired) electrons. The molecule has 74 valence electrons. The Bertz CT molecular complexity index is 330. The third-order valence-corrected chi connectivity index (χ3v) is 3.99. The molecule has 3 heteroatoms. The maximum atomic E-state index is 11.3. The molecule has 0 bridgehead atoms. The second-order valence-electron chi connectivity index (χ2n) is 2.56. The topological polar surface area (TPSA) is 26.3 Å². The Kier molecular flexibility index (Phi) is 4.44. The van der Waals surface area contributed by atoms with Crippen molar-refractivity contribution in [3.05, 3.63) is 40.9 Å². The van der Waals surface area contributed by atoms with E-state index in [1.807, 2.05) is 43.3 Å². The number of hydrogen-bond acceptors (Lipinski definition) is 2. The molecule has 1 rings (SSSR count). The van der Waals surface area contributed by atoms with Crippen LogP contribution < -0.4 is 4.46 Å². The molecule has 0 aliphatic rings. The van der Waals surface area contributed by atoms with Crippen molar-refractivity contribution in [2.45, 2.75) is 6.92 Å². The molecule has 0 N–H and O–H groups in total. The van der Waals surface area contributed by atoms with Crippen LogP contribution in [0.1, 0.15) is 6.92 Å². The van der Waals surface area contributed by atoms with Crippen molar-refractivity contribution >= 4 is 25.4 Å². The molecule has 0 amide bonds. The van der Waals surface area contributed by atoms with Crippen LogP contribution in [0.3, 0.4) is 0 Å². The number of rotatable bonds is 3. The van der Waals surface area contributed by atoms with Gasteiger partial charge >= 0.3 is 89.8 Å². The molecule has 14 heavy (non-hydrogen) atoms. The number of benzene rings is 1. The van der Waals surface area contributed by atoms with Gasteiger partial charge in [0.2, 0.25) is 0 Å². The van der Waals surface area contributed by atoms with Gasteiger partial charge < -0.3 is 0 Å². The molecular weight excluding hydrogens is 243 g/mol. The summed E-state index contributed by atoms with van der Waals surface area (Å²) in [6.45, 7) is 1.86. The first-order valence-corrected chi connectivity index (χ1v) is 5.96. The molecule has 1 aromatic carbocycles. The standard InChI is InChI=1S/C11H12O2Se/c1-3-10(11(12)13-2)14-9-7-5-4-6-8-9/h3-8H,1-2H3/b10-3+. The Morgan fingerprint density at radius 1 is 1.36 bits per heavy atom. The average Bonchev–Trinajstić information content (AvgIpc) is 2.26. The van der Waals surface area contributed by atoms with Gasteiger partial charge in [0.1, 0.15) is 0 Å². The van der Waals surface area contributed by atoms with Gasteiger partial charge in [0.15, 0.2) is 0 Å². The first-order valence-electron chi connectivity index (χ1n) is 4.25. The Morgan fingerprint density at radius 2 is 2.00 bits per heavy atom. The van der Waals surface area contributed by atoms with Crippen molar-refractivity contribution in [2.24, 2.45) is 0 Å². The first-order chi connectivity index (χ1) is 6.77. The quantitative estimate of drug-likeness (QED) is 0.459. The van der Waals surface area contributed by atoms with Crippen LogP contribution in [0.15, 0.2) is 40.9 Å². The monoisotopic (exact) mass is 256 g/mol. The van der Waals surface area contributed by atoms with E-state index in [0.29, 0.717) is 0 Å². The summed E-state index contributed by atoms with van der Waals surface area (Å²) < 4.78 is 6.62. The van der Waals surface area contributed by atoms with Crippen LogP contribution in [0.2, 0.25) is 0 Å². The predicted octanol–water partition coefficient (Wildman–Crippen LogP) is 1.09. The Labute approximate surface area is 90.1 Å². The molecule has 0 saturated carbocycles. The Morgan fingerprint density at radius 3 is 2.50 bits per heavy atom. The third-order valence-electron chi connectivity index (χ3n) is 1.62. The summed E-state index contributed by atoms with van der Waals surface area (Å²) in [5.74, 6) is -0.226. The van der Waals surface area contributed by atoms with Crippen molar-refractivity contribution < 1.29 is 9.53 Å². The minimum atomic E-state index is -0.226. The van der Waals surface area contributed by atoms with Gasteiger partial charge in [0, 0.05) is 0 Å². The second kappa shape index (κ2) is 5.63. The van der Waals surface area contributed by atoms with E-state index in [4.69, 9.17) is 0 Å². The van der Waals surface area contributed by atoms with Crippen molar-refractivity contribution in [1.82, 2.24) is 0 Å². The van der Waals surface area contributed by atoms with Crippen LogP contribution >= 0.6 is 0 Å². The van der Waals surface area contributed by atoms with E-state index in [-0.39, 0.29) is 20.9 Å². The normalized spacial score (nSPS) is 11.1. The summed E-state index contributed by atoms with van der Waals surface area (Å²) in [6.07, 6.45) is 1.82. The van der Waals surface area contributed by atoms with Crippen LogP contribution in [-0.2, 0) is 9.53 Å². The van der Waals surface area contributed by atoms with Crippen molar-refractivity contribution in [1.29, 1.82) is 0 Å². The van der Waals surface area contributed by atoms with Gasteiger partial charge in [0.25, 0.3) is 0 Å². The van der Waals surface area contributed by atoms with Gasteiger partial charge in [0.05, 0.1) is 0 Å². The summed E-state index contributed by atoms with van der Waals surface area (Å²) in [7, 11) is 1.41. The molecule has 0 spiro atoms. The SMILES string of the molecule is C/C=C(/[Se]c1ccccc1)C(=O)OC. The van der Waals surface area contributed by atoms with Crippen LogP contribution in [0.25, 0.3) is 0 Å².